The zero-order valence-electron chi connectivity index (χ0n) is 7.72. The predicted octanol–water partition coefficient (Wildman–Crippen LogP) is 3.53. The number of hydrogen-bond donors (Lipinski definition) is 1. The summed E-state index contributed by atoms with van der Waals surface area (Å²) < 4.78 is 0. The topological polar surface area (TPSA) is 29.5 Å². The Labute approximate surface area is 74.9 Å². The standard InChI is InChI=1S/C10H19O2/c11-12-10-8-6-4-2-1-3-5-7-9-10/h11H,1-9H2. The lowest BCUT2D eigenvalue weighted by atomic mass is 9.99. The Morgan fingerprint density at radius 1 is 0.750 bits per heavy atom. The summed E-state index contributed by atoms with van der Waals surface area (Å²) in [5.41, 5.74) is 0. The molecule has 0 unspecified atom stereocenters. The van der Waals surface area contributed by atoms with Crippen LogP contribution >= 0.6 is 0 Å². The van der Waals surface area contributed by atoms with Gasteiger partial charge < -0.3 is 0 Å². The van der Waals surface area contributed by atoms with E-state index in [1.807, 2.05) is 0 Å². The molecular weight excluding hydrogens is 152 g/mol. The molecule has 0 aromatic heterocycles. The van der Waals surface area contributed by atoms with Crippen LogP contribution < -0.4 is 0 Å². The van der Waals surface area contributed by atoms with Crippen LogP contribution in [0.15, 0.2) is 0 Å². The van der Waals surface area contributed by atoms with Gasteiger partial charge in [0.25, 0.3) is 0 Å². The van der Waals surface area contributed by atoms with E-state index in [9.17, 15) is 0 Å². The molecule has 1 aliphatic carbocycles. The molecule has 0 saturated heterocycles. The first-order valence-corrected chi connectivity index (χ1v) is 5.09. The highest BCUT2D eigenvalue weighted by Crippen LogP contribution is 2.22. The van der Waals surface area contributed by atoms with Crippen molar-refractivity contribution in [2.45, 2.75) is 57.8 Å². The molecule has 0 amide bonds. The Morgan fingerprint density at radius 3 is 1.58 bits per heavy atom. The van der Waals surface area contributed by atoms with Crippen LogP contribution in [0.4, 0.5) is 0 Å². The normalized spacial score (nSPS) is 23.8. The molecule has 0 aliphatic heterocycles. The molecule has 0 aromatic carbocycles. The molecule has 1 N–H and O–H groups in total. The van der Waals surface area contributed by atoms with E-state index < -0.39 is 0 Å². The van der Waals surface area contributed by atoms with Crippen molar-refractivity contribution in [1.82, 2.24) is 0 Å². The van der Waals surface area contributed by atoms with E-state index >= 15 is 0 Å². The van der Waals surface area contributed by atoms with Crippen molar-refractivity contribution >= 4 is 0 Å². The molecular formula is C10H19O2. The first-order valence-electron chi connectivity index (χ1n) is 5.09. The average molecular weight is 171 g/mol. The van der Waals surface area contributed by atoms with E-state index in [0.717, 1.165) is 18.9 Å². The zero-order valence-corrected chi connectivity index (χ0v) is 7.72. The highest BCUT2D eigenvalue weighted by atomic mass is 17.1. The summed E-state index contributed by atoms with van der Waals surface area (Å²) in [6.07, 6.45) is 11.8. The van der Waals surface area contributed by atoms with Crippen molar-refractivity contribution in [2.75, 3.05) is 0 Å². The summed E-state index contributed by atoms with van der Waals surface area (Å²) in [7, 11) is 0. The lowest BCUT2D eigenvalue weighted by Gasteiger charge is -2.13. The van der Waals surface area contributed by atoms with Crippen LogP contribution in [0.3, 0.4) is 0 Å². The third-order valence-electron chi connectivity index (χ3n) is 2.54. The van der Waals surface area contributed by atoms with Gasteiger partial charge in [0.2, 0.25) is 0 Å². The fourth-order valence-electron chi connectivity index (χ4n) is 1.74. The molecule has 71 valence electrons. The van der Waals surface area contributed by atoms with Gasteiger partial charge in [-0.1, -0.05) is 44.9 Å². The van der Waals surface area contributed by atoms with Gasteiger partial charge in [-0.05, 0) is 12.8 Å². The summed E-state index contributed by atoms with van der Waals surface area (Å²) in [6, 6.07) is 0. The SMILES string of the molecule is OO[C]1CCCCCCCCC1. The summed E-state index contributed by atoms with van der Waals surface area (Å²) in [4.78, 5) is 4.34. The Kier molecular flexibility index (Phi) is 5.37. The van der Waals surface area contributed by atoms with E-state index in [1.165, 1.54) is 44.9 Å². The molecule has 0 heterocycles. The third kappa shape index (κ3) is 4.07. The molecule has 1 saturated carbocycles. The summed E-state index contributed by atoms with van der Waals surface area (Å²) in [5.74, 6) is 0. The molecule has 1 fully saturated rings. The lowest BCUT2D eigenvalue weighted by molar-refractivity contribution is -0.238. The number of rotatable bonds is 1. The van der Waals surface area contributed by atoms with Crippen molar-refractivity contribution in [3.05, 3.63) is 6.10 Å². The Morgan fingerprint density at radius 2 is 1.17 bits per heavy atom. The van der Waals surface area contributed by atoms with E-state index in [0.29, 0.717) is 0 Å². The highest BCUT2D eigenvalue weighted by Gasteiger charge is 2.10. The second kappa shape index (κ2) is 6.44. The first-order chi connectivity index (χ1) is 5.93. The quantitative estimate of drug-likeness (QED) is 0.483. The van der Waals surface area contributed by atoms with Crippen LogP contribution in [0.25, 0.3) is 0 Å². The van der Waals surface area contributed by atoms with Crippen molar-refractivity contribution < 1.29 is 10.1 Å². The van der Waals surface area contributed by atoms with Gasteiger partial charge in [0.15, 0.2) is 0 Å². The van der Waals surface area contributed by atoms with Gasteiger partial charge in [-0.2, -0.15) is 0 Å². The second-order valence-electron chi connectivity index (χ2n) is 3.60. The third-order valence-corrected chi connectivity index (χ3v) is 2.54. The molecule has 0 atom stereocenters. The van der Waals surface area contributed by atoms with Crippen LogP contribution in [0.5, 0.6) is 0 Å². The van der Waals surface area contributed by atoms with Gasteiger partial charge in [0.1, 0.15) is 6.10 Å². The molecule has 0 spiro atoms. The summed E-state index contributed by atoms with van der Waals surface area (Å²) in [6.45, 7) is 0. The Balaban J connectivity index is 2.17. The van der Waals surface area contributed by atoms with Crippen LogP contribution in [-0.4, -0.2) is 5.26 Å². The van der Waals surface area contributed by atoms with E-state index in [1.54, 1.807) is 0 Å². The van der Waals surface area contributed by atoms with Crippen LogP contribution in [0.1, 0.15) is 57.8 Å². The van der Waals surface area contributed by atoms with Gasteiger partial charge in [0, 0.05) is 0 Å². The largest absolute Gasteiger partial charge is 0.251 e. The molecule has 2 nitrogen and oxygen atoms in total. The Bertz CT molecular complexity index is 94.0. The van der Waals surface area contributed by atoms with Crippen LogP contribution in [0.2, 0.25) is 0 Å². The zero-order chi connectivity index (χ0) is 8.65. The molecule has 2 heteroatoms. The van der Waals surface area contributed by atoms with Gasteiger partial charge in [0.05, 0.1) is 0 Å². The second-order valence-corrected chi connectivity index (χ2v) is 3.60. The lowest BCUT2D eigenvalue weighted by Crippen LogP contribution is -2.02. The van der Waals surface area contributed by atoms with E-state index in [-0.39, 0.29) is 0 Å². The van der Waals surface area contributed by atoms with Crippen LogP contribution in [-0.2, 0) is 4.89 Å². The van der Waals surface area contributed by atoms with Crippen molar-refractivity contribution in [3.63, 3.8) is 0 Å². The van der Waals surface area contributed by atoms with Gasteiger partial charge >= 0.3 is 0 Å². The smallest absolute Gasteiger partial charge is 0.135 e. The van der Waals surface area contributed by atoms with Gasteiger partial charge in [-0.15, -0.1) is 0 Å². The molecule has 12 heavy (non-hydrogen) atoms. The van der Waals surface area contributed by atoms with E-state index in [2.05, 4.69) is 4.89 Å². The minimum Gasteiger partial charge on any atom is -0.251 e. The number of hydrogen-bond acceptors (Lipinski definition) is 2. The van der Waals surface area contributed by atoms with E-state index in [4.69, 9.17) is 5.26 Å². The minimum absolute atomic E-state index is 0.886. The molecule has 1 aliphatic rings. The summed E-state index contributed by atoms with van der Waals surface area (Å²) >= 11 is 0. The fourth-order valence-corrected chi connectivity index (χ4v) is 1.74. The monoisotopic (exact) mass is 171 g/mol. The fraction of sp³-hybridized carbons (Fsp3) is 0.900. The molecule has 0 bridgehead atoms. The van der Waals surface area contributed by atoms with Gasteiger partial charge in [-0.25, -0.2) is 4.89 Å². The van der Waals surface area contributed by atoms with Crippen LogP contribution in [0, 0.1) is 6.10 Å². The van der Waals surface area contributed by atoms with Crippen molar-refractivity contribution in [1.29, 1.82) is 0 Å². The highest BCUT2D eigenvalue weighted by molar-refractivity contribution is 4.77. The maximum absolute atomic E-state index is 8.53. The first kappa shape index (κ1) is 10.0. The summed E-state index contributed by atoms with van der Waals surface area (Å²) in [5, 5.41) is 8.53. The Hall–Kier alpha value is -0.0800. The predicted molar refractivity (Wildman–Crippen MR) is 48.5 cm³/mol. The molecule has 1 radical (unpaired) electrons. The van der Waals surface area contributed by atoms with Crippen molar-refractivity contribution in [2.24, 2.45) is 0 Å². The minimum atomic E-state index is 0.886. The molecule has 0 aromatic rings. The van der Waals surface area contributed by atoms with Gasteiger partial charge in [-0.3, -0.25) is 5.26 Å². The average Bonchev–Trinajstić information content (AvgIpc) is 2.14. The maximum atomic E-state index is 8.53. The van der Waals surface area contributed by atoms with Crippen molar-refractivity contribution in [3.8, 4) is 0 Å². The molecule has 1 rings (SSSR count). The maximum Gasteiger partial charge on any atom is 0.135 e.